The molecule has 0 aliphatic carbocycles. The van der Waals surface area contributed by atoms with E-state index in [1.807, 2.05) is 0 Å². The van der Waals surface area contributed by atoms with Crippen molar-refractivity contribution < 1.29 is 14.5 Å². The summed E-state index contributed by atoms with van der Waals surface area (Å²) in [7, 11) is 1.55. The van der Waals surface area contributed by atoms with Crippen molar-refractivity contribution in [3.8, 4) is 5.75 Å². The van der Waals surface area contributed by atoms with Crippen LogP contribution in [-0.4, -0.2) is 27.7 Å². The van der Waals surface area contributed by atoms with Gasteiger partial charge in [-0.25, -0.2) is 0 Å². The summed E-state index contributed by atoms with van der Waals surface area (Å²) >= 11 is 0. The fourth-order valence-electron chi connectivity index (χ4n) is 2.34. The summed E-state index contributed by atoms with van der Waals surface area (Å²) < 4.78 is 6.53. The van der Waals surface area contributed by atoms with E-state index in [1.54, 1.807) is 43.6 Å². The average Bonchev–Trinajstić information content (AvgIpc) is 2.97. The zero-order valence-electron chi connectivity index (χ0n) is 12.8. The molecule has 1 amide bonds. The molecule has 2 aromatic carbocycles. The van der Waals surface area contributed by atoms with Crippen molar-refractivity contribution in [1.82, 2.24) is 9.78 Å². The number of nitrogens with zero attached hydrogens (tertiary/aromatic N) is 3. The number of hydrogen-bond donors (Lipinski definition) is 1. The number of fused-ring (bicyclic) bond motifs is 1. The molecule has 24 heavy (non-hydrogen) atoms. The van der Waals surface area contributed by atoms with Crippen LogP contribution >= 0.6 is 0 Å². The number of nitro benzene ring substituents is 1. The highest BCUT2D eigenvalue weighted by molar-refractivity contribution is 5.92. The topological polar surface area (TPSA) is 99.3 Å². The minimum absolute atomic E-state index is 0.0440. The van der Waals surface area contributed by atoms with E-state index in [4.69, 9.17) is 4.74 Å². The van der Waals surface area contributed by atoms with E-state index in [-0.39, 0.29) is 18.1 Å². The highest BCUT2D eigenvalue weighted by atomic mass is 16.6. The lowest BCUT2D eigenvalue weighted by atomic mass is 10.2. The van der Waals surface area contributed by atoms with Gasteiger partial charge in [-0.1, -0.05) is 6.07 Å². The van der Waals surface area contributed by atoms with Crippen LogP contribution in [0.5, 0.6) is 5.75 Å². The Bertz CT molecular complexity index is 919. The summed E-state index contributed by atoms with van der Waals surface area (Å²) in [6, 6.07) is 11.4. The van der Waals surface area contributed by atoms with Crippen LogP contribution in [0.2, 0.25) is 0 Å². The smallest absolute Gasteiger partial charge is 0.271 e. The van der Waals surface area contributed by atoms with Crippen molar-refractivity contribution in [2.24, 2.45) is 0 Å². The molecule has 0 aliphatic heterocycles. The number of hydrogen-bond acceptors (Lipinski definition) is 5. The lowest BCUT2D eigenvalue weighted by Crippen LogP contribution is -2.19. The predicted molar refractivity (Wildman–Crippen MR) is 88.0 cm³/mol. The monoisotopic (exact) mass is 326 g/mol. The van der Waals surface area contributed by atoms with Crippen molar-refractivity contribution in [1.29, 1.82) is 0 Å². The molecule has 1 N–H and O–H groups in total. The Morgan fingerprint density at radius 1 is 1.33 bits per heavy atom. The summed E-state index contributed by atoms with van der Waals surface area (Å²) in [6.07, 6.45) is 1.57. The van der Waals surface area contributed by atoms with Gasteiger partial charge in [0.25, 0.3) is 5.69 Å². The second kappa shape index (κ2) is 6.37. The fourth-order valence-corrected chi connectivity index (χ4v) is 2.34. The van der Waals surface area contributed by atoms with Crippen LogP contribution in [0.4, 0.5) is 11.4 Å². The van der Waals surface area contributed by atoms with Crippen LogP contribution in [0.1, 0.15) is 0 Å². The Morgan fingerprint density at radius 2 is 2.17 bits per heavy atom. The summed E-state index contributed by atoms with van der Waals surface area (Å²) in [6.45, 7) is -0.0537. The normalized spacial score (nSPS) is 10.5. The first-order chi connectivity index (χ1) is 11.6. The molecule has 0 radical (unpaired) electrons. The first kappa shape index (κ1) is 15.5. The summed E-state index contributed by atoms with van der Waals surface area (Å²) in [5, 5.41) is 18.5. The Kier molecular flexibility index (Phi) is 4.11. The largest absolute Gasteiger partial charge is 0.497 e. The third-order valence-electron chi connectivity index (χ3n) is 3.49. The van der Waals surface area contributed by atoms with Gasteiger partial charge in [0.2, 0.25) is 5.91 Å². The van der Waals surface area contributed by atoms with Gasteiger partial charge >= 0.3 is 0 Å². The maximum atomic E-state index is 12.2. The van der Waals surface area contributed by atoms with Gasteiger partial charge in [-0.05, 0) is 18.2 Å². The van der Waals surface area contributed by atoms with Crippen LogP contribution in [0, 0.1) is 10.1 Å². The molecule has 3 aromatic rings. The molecule has 0 spiro atoms. The minimum atomic E-state index is -0.479. The molecular formula is C16H14N4O4. The number of rotatable bonds is 5. The third kappa shape index (κ3) is 3.17. The first-order valence-corrected chi connectivity index (χ1v) is 7.10. The number of amides is 1. The highest BCUT2D eigenvalue weighted by Gasteiger charge is 2.12. The van der Waals surface area contributed by atoms with E-state index in [0.29, 0.717) is 17.0 Å². The first-order valence-electron chi connectivity index (χ1n) is 7.10. The molecule has 122 valence electrons. The van der Waals surface area contributed by atoms with Gasteiger partial charge in [0.1, 0.15) is 12.3 Å². The van der Waals surface area contributed by atoms with Crippen molar-refractivity contribution in [2.45, 2.75) is 6.54 Å². The third-order valence-corrected chi connectivity index (χ3v) is 3.49. The molecule has 3 rings (SSSR count). The lowest BCUT2D eigenvalue weighted by molar-refractivity contribution is -0.384. The number of nitro groups is 1. The fraction of sp³-hybridized carbons (Fsp3) is 0.125. The van der Waals surface area contributed by atoms with Gasteiger partial charge in [0.05, 0.1) is 23.7 Å². The van der Waals surface area contributed by atoms with Gasteiger partial charge in [0.15, 0.2) is 0 Å². The van der Waals surface area contributed by atoms with Crippen LogP contribution in [0.25, 0.3) is 10.9 Å². The average molecular weight is 326 g/mol. The van der Waals surface area contributed by atoms with E-state index in [9.17, 15) is 14.9 Å². The van der Waals surface area contributed by atoms with Crippen molar-refractivity contribution in [2.75, 3.05) is 12.4 Å². The second-order valence-electron chi connectivity index (χ2n) is 5.08. The van der Waals surface area contributed by atoms with Crippen molar-refractivity contribution >= 4 is 28.2 Å². The molecule has 0 saturated heterocycles. The van der Waals surface area contributed by atoms with Crippen LogP contribution in [-0.2, 0) is 11.3 Å². The van der Waals surface area contributed by atoms with E-state index < -0.39 is 4.92 Å². The SMILES string of the molecule is COc1cccc(NC(=O)Cn2ncc3ccc([N+](=O)[O-])cc32)c1. The van der Waals surface area contributed by atoms with Crippen molar-refractivity contribution in [3.05, 3.63) is 58.8 Å². The Balaban J connectivity index is 1.80. The number of aromatic nitrogens is 2. The van der Waals surface area contributed by atoms with Gasteiger partial charge < -0.3 is 10.1 Å². The quantitative estimate of drug-likeness (QED) is 0.574. The number of anilines is 1. The maximum absolute atomic E-state index is 12.2. The lowest BCUT2D eigenvalue weighted by Gasteiger charge is -2.07. The standard InChI is InChI=1S/C16H14N4O4/c1-24-14-4-2-3-12(7-14)18-16(21)10-19-15-8-13(20(22)23)6-5-11(15)9-17-19/h2-9H,10H2,1H3,(H,18,21). The zero-order chi connectivity index (χ0) is 17.1. The number of carbonyl (C=O) groups is 1. The molecule has 1 aromatic heterocycles. The number of nitrogens with one attached hydrogen (secondary N) is 1. The molecular weight excluding hydrogens is 312 g/mol. The van der Waals surface area contributed by atoms with Gasteiger partial charge in [0, 0.05) is 29.3 Å². The molecule has 0 aliphatic rings. The van der Waals surface area contributed by atoms with Crippen LogP contribution in [0.15, 0.2) is 48.7 Å². The number of methoxy groups -OCH3 is 1. The number of ether oxygens (including phenoxy) is 1. The number of carbonyl (C=O) groups excluding carboxylic acids is 1. The number of non-ortho nitro benzene ring substituents is 1. The molecule has 8 heteroatoms. The molecule has 0 unspecified atom stereocenters. The molecule has 0 bridgehead atoms. The molecule has 0 atom stereocenters. The predicted octanol–water partition coefficient (Wildman–Crippen LogP) is 2.59. The summed E-state index contributed by atoms with van der Waals surface area (Å²) in [5.41, 5.74) is 1.09. The zero-order valence-corrected chi connectivity index (χ0v) is 12.8. The Labute approximate surface area is 136 Å². The van der Waals surface area contributed by atoms with Gasteiger partial charge in [-0.15, -0.1) is 0 Å². The summed E-state index contributed by atoms with van der Waals surface area (Å²) in [5.74, 6) is 0.340. The molecule has 8 nitrogen and oxygen atoms in total. The highest BCUT2D eigenvalue weighted by Crippen LogP contribution is 2.21. The van der Waals surface area contributed by atoms with Crippen LogP contribution in [0.3, 0.4) is 0 Å². The number of benzene rings is 2. The van der Waals surface area contributed by atoms with Gasteiger partial charge in [-0.2, -0.15) is 5.10 Å². The molecule has 0 fully saturated rings. The molecule has 1 heterocycles. The van der Waals surface area contributed by atoms with Crippen molar-refractivity contribution in [3.63, 3.8) is 0 Å². The van der Waals surface area contributed by atoms with Gasteiger partial charge in [-0.3, -0.25) is 19.6 Å². The second-order valence-corrected chi connectivity index (χ2v) is 5.08. The molecule has 0 saturated carbocycles. The minimum Gasteiger partial charge on any atom is -0.497 e. The van der Waals surface area contributed by atoms with E-state index in [0.717, 1.165) is 5.39 Å². The van der Waals surface area contributed by atoms with E-state index in [1.165, 1.54) is 16.8 Å². The summed E-state index contributed by atoms with van der Waals surface area (Å²) in [4.78, 5) is 22.6. The Hall–Kier alpha value is -3.42. The van der Waals surface area contributed by atoms with E-state index in [2.05, 4.69) is 10.4 Å². The van der Waals surface area contributed by atoms with Crippen LogP contribution < -0.4 is 10.1 Å². The Morgan fingerprint density at radius 3 is 2.92 bits per heavy atom. The van der Waals surface area contributed by atoms with E-state index >= 15 is 0 Å². The maximum Gasteiger partial charge on any atom is 0.271 e.